The van der Waals surface area contributed by atoms with Crippen LogP contribution in [0, 0.1) is 0 Å². The van der Waals surface area contributed by atoms with Crippen LogP contribution < -0.4 is 15.8 Å². The Balaban J connectivity index is 2.56. The number of sulfonamides is 1. The summed E-state index contributed by atoms with van der Waals surface area (Å²) in [6.45, 7) is 3.39. The summed E-state index contributed by atoms with van der Waals surface area (Å²) >= 11 is 0. The van der Waals surface area contributed by atoms with Crippen LogP contribution in [-0.2, 0) is 14.8 Å². The molecule has 1 aromatic rings. The quantitative estimate of drug-likeness (QED) is 0.646. The van der Waals surface area contributed by atoms with Gasteiger partial charge in [-0.2, -0.15) is 0 Å². The standard InChI is InChI=1S/C11H17N3O3S/c1-2-13-8-7-11(15)14-9-3-5-10(6-4-9)18(12,16)17/h3-6,13H,2,7-8H2,1H3,(H,14,15)(H2,12,16,17). The van der Waals surface area contributed by atoms with E-state index in [-0.39, 0.29) is 10.8 Å². The highest BCUT2D eigenvalue weighted by atomic mass is 32.2. The molecule has 100 valence electrons. The zero-order valence-corrected chi connectivity index (χ0v) is 11.0. The molecule has 7 heteroatoms. The highest BCUT2D eigenvalue weighted by molar-refractivity contribution is 7.89. The molecule has 0 fully saturated rings. The lowest BCUT2D eigenvalue weighted by molar-refractivity contribution is -0.116. The maximum Gasteiger partial charge on any atom is 0.238 e. The number of rotatable bonds is 6. The monoisotopic (exact) mass is 271 g/mol. The molecule has 6 nitrogen and oxygen atoms in total. The average molecular weight is 271 g/mol. The van der Waals surface area contributed by atoms with Crippen LogP contribution in [-0.4, -0.2) is 27.4 Å². The smallest absolute Gasteiger partial charge is 0.238 e. The third-order valence-electron chi connectivity index (χ3n) is 2.25. The summed E-state index contributed by atoms with van der Waals surface area (Å²) in [5.41, 5.74) is 0.545. The van der Waals surface area contributed by atoms with Gasteiger partial charge in [-0.05, 0) is 30.8 Å². The Morgan fingerprint density at radius 1 is 1.28 bits per heavy atom. The Morgan fingerprint density at radius 2 is 1.89 bits per heavy atom. The van der Waals surface area contributed by atoms with Gasteiger partial charge in [0.15, 0.2) is 0 Å². The van der Waals surface area contributed by atoms with Crippen LogP contribution in [0.4, 0.5) is 5.69 Å². The van der Waals surface area contributed by atoms with E-state index in [0.29, 0.717) is 18.7 Å². The SMILES string of the molecule is CCNCCC(=O)Nc1ccc(S(N)(=O)=O)cc1. The van der Waals surface area contributed by atoms with E-state index in [0.717, 1.165) is 6.54 Å². The minimum absolute atomic E-state index is 0.0214. The molecular weight excluding hydrogens is 254 g/mol. The third-order valence-corrected chi connectivity index (χ3v) is 3.17. The number of amides is 1. The largest absolute Gasteiger partial charge is 0.326 e. The van der Waals surface area contributed by atoms with Gasteiger partial charge in [0.1, 0.15) is 0 Å². The predicted molar refractivity (Wildman–Crippen MR) is 69.6 cm³/mol. The molecule has 0 aliphatic carbocycles. The summed E-state index contributed by atoms with van der Waals surface area (Å²) in [7, 11) is -3.69. The Hall–Kier alpha value is -1.44. The number of benzene rings is 1. The topological polar surface area (TPSA) is 101 Å². The van der Waals surface area contributed by atoms with Gasteiger partial charge in [0.25, 0.3) is 0 Å². The first-order valence-electron chi connectivity index (χ1n) is 5.57. The highest BCUT2D eigenvalue weighted by Crippen LogP contribution is 2.12. The molecule has 18 heavy (non-hydrogen) atoms. The molecule has 1 amide bonds. The van der Waals surface area contributed by atoms with Crippen LogP contribution in [0.25, 0.3) is 0 Å². The minimum Gasteiger partial charge on any atom is -0.326 e. The molecule has 0 radical (unpaired) electrons. The lowest BCUT2D eigenvalue weighted by Gasteiger charge is -2.06. The van der Waals surface area contributed by atoms with Crippen molar-refractivity contribution in [3.05, 3.63) is 24.3 Å². The fourth-order valence-corrected chi connectivity index (χ4v) is 1.85. The summed E-state index contributed by atoms with van der Waals surface area (Å²) in [6.07, 6.45) is 0.366. The van der Waals surface area contributed by atoms with Gasteiger partial charge in [0.05, 0.1) is 4.90 Å². The maximum absolute atomic E-state index is 11.5. The summed E-state index contributed by atoms with van der Waals surface area (Å²) in [4.78, 5) is 11.5. The van der Waals surface area contributed by atoms with Crippen LogP contribution >= 0.6 is 0 Å². The van der Waals surface area contributed by atoms with Gasteiger partial charge in [-0.3, -0.25) is 4.79 Å². The van der Waals surface area contributed by atoms with Gasteiger partial charge in [-0.15, -0.1) is 0 Å². The van der Waals surface area contributed by atoms with Gasteiger partial charge in [-0.25, -0.2) is 13.6 Å². The van der Waals surface area contributed by atoms with Gasteiger partial charge < -0.3 is 10.6 Å². The van der Waals surface area contributed by atoms with Crippen LogP contribution in [0.3, 0.4) is 0 Å². The molecule has 0 spiro atoms. The number of hydrogen-bond donors (Lipinski definition) is 3. The van der Waals surface area contributed by atoms with Crippen LogP contribution in [0.2, 0.25) is 0 Å². The lowest BCUT2D eigenvalue weighted by Crippen LogP contribution is -2.21. The summed E-state index contributed by atoms with van der Waals surface area (Å²) in [5, 5.41) is 10.7. The molecule has 1 aromatic carbocycles. The average Bonchev–Trinajstić information content (AvgIpc) is 2.29. The van der Waals surface area contributed by atoms with Crippen molar-refractivity contribution in [1.29, 1.82) is 0 Å². The molecule has 1 rings (SSSR count). The maximum atomic E-state index is 11.5. The molecule has 0 saturated heterocycles. The third kappa shape index (κ3) is 4.82. The second-order valence-corrected chi connectivity index (χ2v) is 5.28. The second-order valence-electron chi connectivity index (χ2n) is 3.72. The van der Waals surface area contributed by atoms with Crippen LogP contribution in [0.15, 0.2) is 29.2 Å². The Bertz CT molecular complexity index is 497. The summed E-state index contributed by atoms with van der Waals surface area (Å²) < 4.78 is 22.0. The Morgan fingerprint density at radius 3 is 2.39 bits per heavy atom. The van der Waals surface area contributed by atoms with Crippen molar-refractivity contribution in [2.24, 2.45) is 5.14 Å². The van der Waals surface area contributed by atoms with Gasteiger partial charge in [0, 0.05) is 18.7 Å². The van der Waals surface area contributed by atoms with Crippen molar-refractivity contribution in [2.75, 3.05) is 18.4 Å². The zero-order chi connectivity index (χ0) is 13.6. The van der Waals surface area contributed by atoms with Crippen molar-refractivity contribution in [1.82, 2.24) is 5.32 Å². The minimum atomic E-state index is -3.69. The van der Waals surface area contributed by atoms with Crippen molar-refractivity contribution in [3.63, 3.8) is 0 Å². The van der Waals surface area contributed by atoms with Crippen molar-refractivity contribution in [3.8, 4) is 0 Å². The van der Waals surface area contributed by atoms with Crippen molar-refractivity contribution >= 4 is 21.6 Å². The molecule has 0 aliphatic rings. The second kappa shape index (κ2) is 6.48. The van der Waals surface area contributed by atoms with Crippen molar-refractivity contribution in [2.45, 2.75) is 18.2 Å². The molecular formula is C11H17N3O3S. The van der Waals surface area contributed by atoms with E-state index in [1.165, 1.54) is 24.3 Å². The first-order valence-corrected chi connectivity index (χ1v) is 7.11. The van der Waals surface area contributed by atoms with Crippen molar-refractivity contribution < 1.29 is 13.2 Å². The van der Waals surface area contributed by atoms with Gasteiger partial charge >= 0.3 is 0 Å². The van der Waals surface area contributed by atoms with E-state index < -0.39 is 10.0 Å². The van der Waals surface area contributed by atoms with E-state index in [1.807, 2.05) is 6.92 Å². The van der Waals surface area contributed by atoms with Crippen LogP contribution in [0.5, 0.6) is 0 Å². The molecule has 0 unspecified atom stereocenters. The summed E-state index contributed by atoms with van der Waals surface area (Å²) in [6, 6.07) is 5.72. The normalized spacial score (nSPS) is 11.2. The van der Waals surface area contributed by atoms with E-state index >= 15 is 0 Å². The Kier molecular flexibility index (Phi) is 5.26. The predicted octanol–water partition coefficient (Wildman–Crippen LogP) is 0.272. The number of primary sulfonamides is 1. The van der Waals surface area contributed by atoms with E-state index in [1.54, 1.807) is 0 Å². The molecule has 0 saturated carbocycles. The van der Waals surface area contributed by atoms with E-state index in [4.69, 9.17) is 5.14 Å². The fourth-order valence-electron chi connectivity index (χ4n) is 1.33. The number of nitrogens with one attached hydrogen (secondary N) is 2. The van der Waals surface area contributed by atoms with E-state index in [2.05, 4.69) is 10.6 Å². The number of nitrogens with two attached hydrogens (primary N) is 1. The molecule has 0 aliphatic heterocycles. The molecule has 0 atom stereocenters. The number of hydrogen-bond acceptors (Lipinski definition) is 4. The molecule has 0 heterocycles. The number of carbonyl (C=O) groups is 1. The highest BCUT2D eigenvalue weighted by Gasteiger charge is 2.07. The molecule has 0 aromatic heterocycles. The zero-order valence-electron chi connectivity index (χ0n) is 10.1. The first-order chi connectivity index (χ1) is 8.43. The number of anilines is 1. The van der Waals surface area contributed by atoms with Crippen LogP contribution in [0.1, 0.15) is 13.3 Å². The summed E-state index contributed by atoms with van der Waals surface area (Å²) in [5.74, 6) is -0.126. The van der Waals surface area contributed by atoms with Gasteiger partial charge in [0.2, 0.25) is 15.9 Å². The fraction of sp³-hybridized carbons (Fsp3) is 0.364. The molecule has 4 N–H and O–H groups in total. The number of carbonyl (C=O) groups excluding carboxylic acids is 1. The molecule has 0 bridgehead atoms. The van der Waals surface area contributed by atoms with Gasteiger partial charge in [-0.1, -0.05) is 6.92 Å². The van der Waals surface area contributed by atoms with E-state index in [9.17, 15) is 13.2 Å². The Labute approximate surface area is 107 Å². The lowest BCUT2D eigenvalue weighted by atomic mass is 10.3. The first kappa shape index (κ1) is 14.6.